The summed E-state index contributed by atoms with van der Waals surface area (Å²) in [6.45, 7) is 7.73. The molecule has 12 heteroatoms. The van der Waals surface area contributed by atoms with Crippen LogP contribution in [0.5, 0.6) is 5.75 Å². The summed E-state index contributed by atoms with van der Waals surface area (Å²) >= 11 is 12.7. The lowest BCUT2D eigenvalue weighted by Gasteiger charge is -2.29. The van der Waals surface area contributed by atoms with E-state index in [-0.39, 0.29) is 30.2 Å². The largest absolute Gasteiger partial charge is 0.491 e. The Labute approximate surface area is 287 Å². The molecule has 4 rings (SSSR count). The fraction of sp³-hybridized carbons (Fsp3) is 0.543. The van der Waals surface area contributed by atoms with Crippen LogP contribution < -0.4 is 15.4 Å². The maximum absolute atomic E-state index is 13.6. The minimum Gasteiger partial charge on any atom is -0.491 e. The zero-order valence-corrected chi connectivity index (χ0v) is 29.0. The summed E-state index contributed by atoms with van der Waals surface area (Å²) in [5.74, 6) is 0.131. The Hall–Kier alpha value is -2.86. The van der Waals surface area contributed by atoms with Gasteiger partial charge in [-0.05, 0) is 48.9 Å². The zero-order valence-electron chi connectivity index (χ0n) is 27.5. The third kappa shape index (κ3) is 11.1. The van der Waals surface area contributed by atoms with E-state index in [0.29, 0.717) is 75.1 Å². The van der Waals surface area contributed by atoms with Crippen molar-refractivity contribution in [3.8, 4) is 5.75 Å². The highest BCUT2D eigenvalue weighted by molar-refractivity contribution is 6.38. The monoisotopic (exact) mass is 691 g/mol. The molecule has 0 saturated heterocycles. The van der Waals surface area contributed by atoms with Crippen molar-refractivity contribution < 1.29 is 33.3 Å². The van der Waals surface area contributed by atoms with Gasteiger partial charge in [-0.15, -0.1) is 0 Å². The van der Waals surface area contributed by atoms with Crippen LogP contribution >= 0.6 is 23.2 Å². The van der Waals surface area contributed by atoms with Gasteiger partial charge in [-0.25, -0.2) is 0 Å². The first-order chi connectivity index (χ1) is 22.8. The number of hydrogen-bond acceptors (Lipinski definition) is 7. The topological polar surface area (TPSA) is 120 Å². The minimum atomic E-state index is -0.665. The minimum absolute atomic E-state index is 0.0559. The molecule has 1 unspecified atom stereocenters. The fourth-order valence-corrected chi connectivity index (χ4v) is 6.18. The number of rotatable bonds is 20. The van der Waals surface area contributed by atoms with E-state index in [4.69, 9.17) is 46.9 Å². The molecule has 258 valence electrons. The third-order valence-electron chi connectivity index (χ3n) is 8.36. The molecule has 3 aromatic rings. The number of ether oxygens (including phenoxy) is 5. The van der Waals surface area contributed by atoms with Crippen LogP contribution in [-0.4, -0.2) is 88.8 Å². The van der Waals surface area contributed by atoms with Crippen LogP contribution in [0.2, 0.25) is 10.0 Å². The molecule has 1 aliphatic rings. The number of benzene rings is 2. The molecule has 3 atom stereocenters. The molecule has 0 bridgehead atoms. The van der Waals surface area contributed by atoms with Crippen molar-refractivity contribution in [2.75, 3.05) is 60.0 Å². The Balaban J connectivity index is 1.24. The maximum atomic E-state index is 13.6. The van der Waals surface area contributed by atoms with Gasteiger partial charge in [0.05, 0.1) is 63.2 Å². The Morgan fingerprint density at radius 3 is 2.36 bits per heavy atom. The Morgan fingerprint density at radius 1 is 0.979 bits per heavy atom. The van der Waals surface area contributed by atoms with Crippen LogP contribution in [0.4, 0.5) is 0 Å². The van der Waals surface area contributed by atoms with Crippen LogP contribution in [-0.2, 0) is 47.8 Å². The number of aromatic nitrogens is 1. The molecular weight excluding hydrogens is 645 g/mol. The van der Waals surface area contributed by atoms with Crippen LogP contribution in [0.3, 0.4) is 0 Å². The highest BCUT2D eigenvalue weighted by Gasteiger charge is 2.30. The number of methoxy groups -OCH3 is 1. The second-order valence-electron chi connectivity index (χ2n) is 11.7. The molecule has 0 aliphatic heterocycles. The van der Waals surface area contributed by atoms with Crippen molar-refractivity contribution in [3.63, 3.8) is 0 Å². The lowest BCUT2D eigenvalue weighted by Crippen LogP contribution is -2.53. The van der Waals surface area contributed by atoms with Crippen molar-refractivity contribution in [2.24, 2.45) is 5.92 Å². The summed E-state index contributed by atoms with van der Waals surface area (Å²) in [4.78, 5) is 30.3. The van der Waals surface area contributed by atoms with Gasteiger partial charge >= 0.3 is 0 Å². The fourth-order valence-electron chi connectivity index (χ4n) is 5.64. The first kappa shape index (κ1) is 37.0. The lowest BCUT2D eigenvalue weighted by molar-refractivity contribution is -0.130. The normalized spacial score (nSPS) is 15.6. The number of carbonyl (C=O) groups is 2. The number of carbonyl (C=O) groups excluding carboxylic acids is 2. The molecule has 47 heavy (non-hydrogen) atoms. The molecular formula is C35H47Cl2N3O7. The molecule has 2 aromatic carbocycles. The van der Waals surface area contributed by atoms with Gasteiger partial charge in [0.25, 0.3) is 0 Å². The van der Waals surface area contributed by atoms with Gasteiger partial charge in [-0.3, -0.25) is 9.59 Å². The van der Waals surface area contributed by atoms with E-state index in [1.807, 2.05) is 44.2 Å². The standard InChI is InChI=1S/C35H47Cl2N3O7/c1-4-23(2)33(35(42)38-26-9-10-30-27(22-26)28-20-25(36)21-29(37)34(28)39-30)40-32(41)19-24-7-5-6-8-31(24)47-18-17-46-16-15-45-14-13-44-12-11-43-3/h5-8,20-21,23,26,33,39H,4,9-19,22H2,1-3H3,(H,38,42)(H,40,41)/t23?,26-,33+/m1/s1. The van der Waals surface area contributed by atoms with Gasteiger partial charge in [-0.1, -0.05) is 61.7 Å². The molecule has 3 N–H and O–H groups in total. The van der Waals surface area contributed by atoms with Crippen LogP contribution in [0.1, 0.15) is 43.5 Å². The first-order valence-electron chi connectivity index (χ1n) is 16.3. The number of nitrogens with one attached hydrogen (secondary N) is 3. The smallest absolute Gasteiger partial charge is 0.243 e. The zero-order chi connectivity index (χ0) is 33.6. The quantitative estimate of drug-likeness (QED) is 0.138. The Kier molecular flexibility index (Phi) is 15.1. The number of amides is 2. The van der Waals surface area contributed by atoms with Gasteiger partial charge in [-0.2, -0.15) is 0 Å². The number of aromatic amines is 1. The maximum Gasteiger partial charge on any atom is 0.243 e. The molecule has 1 aliphatic carbocycles. The SMILES string of the molecule is CCC(C)[C@H](NC(=O)Cc1ccccc1OCCOCCOCCOCCOC)C(=O)N[C@@H]1CCc2[nH]c3c(Cl)cc(Cl)cc3c2C1. The summed E-state index contributed by atoms with van der Waals surface area (Å²) in [7, 11) is 1.63. The number of H-pyrrole nitrogens is 1. The van der Waals surface area contributed by atoms with Gasteiger partial charge in [0.2, 0.25) is 11.8 Å². The molecule has 10 nitrogen and oxygen atoms in total. The summed E-state index contributed by atoms with van der Waals surface area (Å²) in [5.41, 5.74) is 3.86. The van der Waals surface area contributed by atoms with Crippen molar-refractivity contribution in [3.05, 3.63) is 63.3 Å². The van der Waals surface area contributed by atoms with E-state index in [9.17, 15) is 9.59 Å². The highest BCUT2D eigenvalue weighted by atomic mass is 35.5. The number of fused-ring (bicyclic) bond motifs is 3. The van der Waals surface area contributed by atoms with E-state index in [1.165, 1.54) is 0 Å². The molecule has 0 spiro atoms. The molecule has 0 radical (unpaired) electrons. The Bertz CT molecular complexity index is 1450. The van der Waals surface area contributed by atoms with Crippen molar-refractivity contribution in [1.82, 2.24) is 15.6 Å². The van der Waals surface area contributed by atoms with Gasteiger partial charge in [0.1, 0.15) is 18.4 Å². The third-order valence-corrected chi connectivity index (χ3v) is 8.87. The number of halogens is 2. The van der Waals surface area contributed by atoms with E-state index in [2.05, 4.69) is 15.6 Å². The van der Waals surface area contributed by atoms with E-state index in [1.54, 1.807) is 13.2 Å². The number of aryl methyl sites for hydroxylation is 1. The average Bonchev–Trinajstić information content (AvgIpc) is 3.42. The Morgan fingerprint density at radius 2 is 1.66 bits per heavy atom. The van der Waals surface area contributed by atoms with Crippen molar-refractivity contribution >= 4 is 45.9 Å². The van der Waals surface area contributed by atoms with Crippen LogP contribution in [0.25, 0.3) is 10.9 Å². The molecule has 0 fully saturated rings. The number of hydrogen-bond donors (Lipinski definition) is 3. The predicted octanol–water partition coefficient (Wildman–Crippen LogP) is 5.30. The number of para-hydroxylation sites is 1. The van der Waals surface area contributed by atoms with Crippen molar-refractivity contribution in [2.45, 2.75) is 58.0 Å². The summed E-state index contributed by atoms with van der Waals surface area (Å²) in [6.07, 6.45) is 3.04. The average molecular weight is 693 g/mol. The molecule has 0 saturated carbocycles. The summed E-state index contributed by atoms with van der Waals surface area (Å²) < 4.78 is 27.3. The van der Waals surface area contributed by atoms with Crippen LogP contribution in [0.15, 0.2) is 36.4 Å². The van der Waals surface area contributed by atoms with E-state index in [0.717, 1.165) is 47.0 Å². The summed E-state index contributed by atoms with van der Waals surface area (Å²) in [5, 5.41) is 8.36. The second kappa shape index (κ2) is 19.2. The lowest BCUT2D eigenvalue weighted by atomic mass is 9.90. The molecule has 1 aromatic heterocycles. The van der Waals surface area contributed by atoms with Gasteiger partial charge in [0.15, 0.2) is 0 Å². The first-order valence-corrected chi connectivity index (χ1v) is 17.1. The van der Waals surface area contributed by atoms with E-state index >= 15 is 0 Å². The second-order valence-corrected chi connectivity index (χ2v) is 12.6. The predicted molar refractivity (Wildman–Crippen MR) is 184 cm³/mol. The van der Waals surface area contributed by atoms with E-state index < -0.39 is 6.04 Å². The highest BCUT2D eigenvalue weighted by Crippen LogP contribution is 2.35. The molecule has 2 amide bonds. The summed E-state index contributed by atoms with van der Waals surface area (Å²) in [6, 6.07) is 10.3. The van der Waals surface area contributed by atoms with Gasteiger partial charge < -0.3 is 39.3 Å². The molecule has 1 heterocycles. The van der Waals surface area contributed by atoms with Gasteiger partial charge in [0, 0.05) is 34.8 Å². The van der Waals surface area contributed by atoms with Crippen molar-refractivity contribution in [1.29, 1.82) is 0 Å². The van der Waals surface area contributed by atoms with Crippen LogP contribution in [0, 0.1) is 5.92 Å².